The van der Waals surface area contributed by atoms with Crippen LogP contribution in [-0.4, -0.2) is 74.7 Å². The van der Waals surface area contributed by atoms with Crippen LogP contribution in [0.4, 0.5) is 23.7 Å². The number of nitrogens with zero attached hydrogens (tertiary/aromatic N) is 1. The minimum atomic E-state index is -4.72. The second-order valence-electron chi connectivity index (χ2n) is 11.6. The van der Waals surface area contributed by atoms with Crippen molar-refractivity contribution >= 4 is 33.4 Å². The van der Waals surface area contributed by atoms with Gasteiger partial charge in [0.25, 0.3) is 5.91 Å². The number of alkyl halides is 3. The van der Waals surface area contributed by atoms with Crippen LogP contribution < -0.4 is 21.3 Å². The molecular formula is C30H38F3N5O5S. The number of halogens is 3. The van der Waals surface area contributed by atoms with Crippen molar-refractivity contribution in [3.63, 3.8) is 0 Å². The van der Waals surface area contributed by atoms with Crippen LogP contribution in [-0.2, 0) is 20.8 Å². The van der Waals surface area contributed by atoms with Crippen molar-refractivity contribution in [2.75, 3.05) is 30.7 Å². The van der Waals surface area contributed by atoms with Gasteiger partial charge in [-0.25, -0.2) is 13.2 Å². The van der Waals surface area contributed by atoms with Gasteiger partial charge >= 0.3 is 12.2 Å². The lowest BCUT2D eigenvalue weighted by atomic mass is 9.82. The van der Waals surface area contributed by atoms with Gasteiger partial charge in [0, 0.05) is 31.2 Å². The van der Waals surface area contributed by atoms with Crippen LogP contribution in [0.5, 0.6) is 0 Å². The Labute approximate surface area is 255 Å². The largest absolute Gasteiger partial charge is 0.416 e. The van der Waals surface area contributed by atoms with Crippen molar-refractivity contribution in [2.24, 2.45) is 5.92 Å². The summed E-state index contributed by atoms with van der Waals surface area (Å²) in [4.78, 5) is 39.8. The number of sulfone groups is 1. The summed E-state index contributed by atoms with van der Waals surface area (Å²) in [6, 6.07) is 9.76. The van der Waals surface area contributed by atoms with Crippen LogP contribution >= 0.6 is 0 Å². The Hall–Kier alpha value is -3.65. The summed E-state index contributed by atoms with van der Waals surface area (Å²) >= 11 is 0. The molecule has 2 aliphatic rings. The number of urea groups is 1. The molecule has 0 bridgehead atoms. The highest BCUT2D eigenvalue weighted by molar-refractivity contribution is 7.91. The van der Waals surface area contributed by atoms with Crippen molar-refractivity contribution in [1.29, 1.82) is 0 Å². The highest BCUT2D eigenvalue weighted by atomic mass is 32.2. The van der Waals surface area contributed by atoms with E-state index in [1.807, 2.05) is 13.8 Å². The molecule has 1 saturated heterocycles. The monoisotopic (exact) mass is 637 g/mol. The molecule has 10 nitrogen and oxygen atoms in total. The predicted octanol–water partition coefficient (Wildman–Crippen LogP) is 3.80. The normalized spacial score (nSPS) is 20.5. The van der Waals surface area contributed by atoms with Crippen molar-refractivity contribution < 1.29 is 36.0 Å². The molecule has 4 amide bonds. The van der Waals surface area contributed by atoms with Gasteiger partial charge in [-0.3, -0.25) is 9.59 Å². The first-order chi connectivity index (χ1) is 20.7. The zero-order chi connectivity index (χ0) is 32.1. The first kappa shape index (κ1) is 33.2. The predicted molar refractivity (Wildman–Crippen MR) is 159 cm³/mol. The number of hydrogen-bond donors (Lipinski definition) is 4. The third-order valence-corrected chi connectivity index (χ3v) is 9.67. The van der Waals surface area contributed by atoms with Gasteiger partial charge in [0.2, 0.25) is 5.91 Å². The van der Waals surface area contributed by atoms with Gasteiger partial charge in [-0.2, -0.15) is 13.2 Å². The van der Waals surface area contributed by atoms with Crippen LogP contribution in [0.25, 0.3) is 0 Å². The van der Waals surface area contributed by atoms with E-state index in [4.69, 9.17) is 0 Å². The summed E-state index contributed by atoms with van der Waals surface area (Å²) in [5, 5.41) is 11.1. The fourth-order valence-electron chi connectivity index (χ4n) is 5.50. The number of carbonyl (C=O) groups excluding carboxylic acids is 3. The molecule has 0 unspecified atom stereocenters. The molecule has 44 heavy (non-hydrogen) atoms. The molecule has 3 atom stereocenters. The van der Waals surface area contributed by atoms with Crippen LogP contribution in [0.1, 0.15) is 55.5 Å². The number of hydrogen-bond acceptors (Lipinski definition) is 6. The van der Waals surface area contributed by atoms with E-state index in [-0.39, 0.29) is 40.4 Å². The van der Waals surface area contributed by atoms with E-state index in [0.29, 0.717) is 38.4 Å². The maximum atomic E-state index is 13.4. The second kappa shape index (κ2) is 14.0. The standard InChI is InChI=1S/C30H38F3N5O5S/c1-19(2)35-25-12-10-22(15-20(25)18-44(42,43)23-7-4-3-5-8-23)36-27(39)17-34-28(40)24-16-21(30(31,32)33)9-11-26(24)37-29(41)38-13-6-14-38/h3-5,7-9,11,16,19-20,22,25,35H,6,10,12-15,17-18H2,1-2H3,(H,34,40)(H,36,39)(H,37,41)/t20-,22+,25-/m1/s1. The lowest BCUT2D eigenvalue weighted by Crippen LogP contribution is -2.51. The summed E-state index contributed by atoms with van der Waals surface area (Å²) in [5.74, 6) is -1.92. The number of likely N-dealkylation sites (tertiary alicyclic amines) is 1. The lowest BCUT2D eigenvalue weighted by Gasteiger charge is -2.38. The summed E-state index contributed by atoms with van der Waals surface area (Å²) in [7, 11) is -3.59. The summed E-state index contributed by atoms with van der Waals surface area (Å²) in [6.45, 7) is 4.44. The van der Waals surface area contributed by atoms with Gasteiger partial charge < -0.3 is 26.2 Å². The molecule has 2 fully saturated rings. The molecule has 0 radical (unpaired) electrons. The quantitative estimate of drug-likeness (QED) is 0.313. The van der Waals surface area contributed by atoms with E-state index in [9.17, 15) is 36.0 Å². The van der Waals surface area contributed by atoms with Gasteiger partial charge in [-0.1, -0.05) is 32.0 Å². The topological polar surface area (TPSA) is 137 Å². The van der Waals surface area contributed by atoms with Crippen molar-refractivity contribution in [3.05, 3.63) is 59.7 Å². The van der Waals surface area contributed by atoms with Crippen LogP contribution in [0.2, 0.25) is 0 Å². The molecule has 240 valence electrons. The molecule has 1 aliphatic heterocycles. The highest BCUT2D eigenvalue weighted by Crippen LogP contribution is 2.32. The Kier molecular flexibility index (Phi) is 10.6. The molecule has 2 aromatic carbocycles. The molecular weight excluding hydrogens is 599 g/mol. The zero-order valence-corrected chi connectivity index (χ0v) is 25.4. The van der Waals surface area contributed by atoms with Gasteiger partial charge in [0.15, 0.2) is 9.84 Å². The number of nitrogens with one attached hydrogen (secondary N) is 4. The van der Waals surface area contributed by atoms with Gasteiger partial charge in [-0.15, -0.1) is 0 Å². The average Bonchev–Trinajstić information content (AvgIpc) is 2.92. The van der Waals surface area contributed by atoms with Crippen LogP contribution in [0, 0.1) is 5.92 Å². The van der Waals surface area contributed by atoms with E-state index in [2.05, 4.69) is 21.3 Å². The first-order valence-electron chi connectivity index (χ1n) is 14.6. The molecule has 4 N–H and O–H groups in total. The van der Waals surface area contributed by atoms with E-state index in [1.54, 1.807) is 30.3 Å². The summed E-state index contributed by atoms with van der Waals surface area (Å²) < 4.78 is 66.5. The summed E-state index contributed by atoms with van der Waals surface area (Å²) in [5.41, 5.74) is -1.60. The van der Waals surface area contributed by atoms with E-state index in [1.165, 1.54) is 4.90 Å². The first-order valence-corrected chi connectivity index (χ1v) is 16.3. The van der Waals surface area contributed by atoms with Gasteiger partial charge in [0.1, 0.15) is 0 Å². The van der Waals surface area contributed by atoms with Crippen molar-refractivity contribution in [2.45, 2.75) is 68.7 Å². The van der Waals surface area contributed by atoms with Gasteiger partial charge in [-0.05, 0) is 61.9 Å². The van der Waals surface area contributed by atoms with Crippen molar-refractivity contribution in [3.8, 4) is 0 Å². The maximum absolute atomic E-state index is 13.4. The Bertz CT molecular complexity index is 1450. The molecule has 0 aromatic heterocycles. The third-order valence-electron chi connectivity index (χ3n) is 7.82. The molecule has 1 aliphatic carbocycles. The second-order valence-corrected chi connectivity index (χ2v) is 13.6. The van der Waals surface area contributed by atoms with Gasteiger partial charge in [0.05, 0.1) is 34.0 Å². The lowest BCUT2D eigenvalue weighted by molar-refractivity contribution is -0.137. The highest BCUT2D eigenvalue weighted by Gasteiger charge is 2.36. The molecule has 14 heteroatoms. The number of anilines is 1. The molecule has 1 saturated carbocycles. The maximum Gasteiger partial charge on any atom is 0.416 e. The summed E-state index contributed by atoms with van der Waals surface area (Å²) in [6.07, 6.45) is -2.33. The van der Waals surface area contributed by atoms with Crippen LogP contribution in [0.15, 0.2) is 53.4 Å². The molecule has 0 spiro atoms. The van der Waals surface area contributed by atoms with Crippen LogP contribution in [0.3, 0.4) is 0 Å². The molecule has 4 rings (SSSR count). The molecule has 2 aromatic rings. The van der Waals surface area contributed by atoms with E-state index in [0.717, 1.165) is 18.6 Å². The Morgan fingerprint density at radius 3 is 2.34 bits per heavy atom. The SMILES string of the molecule is CC(C)N[C@@H]1CC[C@H](NC(=O)CNC(=O)c2cc(C(F)(F)F)ccc2NC(=O)N2CCC2)C[C@@H]1CS(=O)(=O)c1ccccc1. The zero-order valence-electron chi connectivity index (χ0n) is 24.6. The number of rotatable bonds is 10. The van der Waals surface area contributed by atoms with E-state index >= 15 is 0 Å². The average molecular weight is 638 g/mol. The van der Waals surface area contributed by atoms with Crippen molar-refractivity contribution in [1.82, 2.24) is 20.9 Å². The number of benzene rings is 2. The minimum absolute atomic E-state index is 0.0767. The smallest absolute Gasteiger partial charge is 0.352 e. The fourth-order valence-corrected chi connectivity index (χ4v) is 7.19. The Morgan fingerprint density at radius 1 is 1.02 bits per heavy atom. The minimum Gasteiger partial charge on any atom is -0.352 e. The molecule has 1 heterocycles. The number of carbonyl (C=O) groups is 3. The number of amides is 4. The Balaban J connectivity index is 1.40. The van der Waals surface area contributed by atoms with E-state index < -0.39 is 51.5 Å². The third kappa shape index (κ3) is 8.72. The Morgan fingerprint density at radius 2 is 1.73 bits per heavy atom. The fraction of sp³-hybridized carbons (Fsp3) is 0.500.